The molecule has 0 atom stereocenters. The van der Waals surface area contributed by atoms with Gasteiger partial charge in [0.1, 0.15) is 12.2 Å². The van der Waals surface area contributed by atoms with Gasteiger partial charge in [-0.15, -0.1) is 0 Å². The molecule has 0 radical (unpaired) electrons. The summed E-state index contributed by atoms with van der Waals surface area (Å²) in [5, 5.41) is 7.92. The predicted octanol–water partition coefficient (Wildman–Crippen LogP) is 1.65. The van der Waals surface area contributed by atoms with E-state index in [0.29, 0.717) is 6.04 Å². The molecule has 5 heteroatoms. The van der Waals surface area contributed by atoms with Gasteiger partial charge in [0, 0.05) is 25.7 Å². The Bertz CT molecular complexity index is 354. The van der Waals surface area contributed by atoms with Crippen LogP contribution in [0.3, 0.4) is 0 Å². The van der Waals surface area contributed by atoms with Gasteiger partial charge in [0.25, 0.3) is 0 Å². The number of likely N-dealkylation sites (tertiary alicyclic amines) is 1. The molecule has 2 heterocycles. The molecular weight excluding hydrogens is 238 g/mol. The van der Waals surface area contributed by atoms with Crippen molar-refractivity contribution in [2.24, 2.45) is 0 Å². The number of piperidine rings is 1. The van der Waals surface area contributed by atoms with E-state index in [-0.39, 0.29) is 0 Å². The molecule has 0 spiro atoms. The Morgan fingerprint density at radius 2 is 2.05 bits per heavy atom. The third kappa shape index (κ3) is 4.28. The summed E-state index contributed by atoms with van der Waals surface area (Å²) in [6, 6.07) is 0.713. The molecule has 0 amide bonds. The Morgan fingerprint density at radius 1 is 1.26 bits per heavy atom. The summed E-state index contributed by atoms with van der Waals surface area (Å²) in [5.74, 6) is 1.11. The van der Waals surface area contributed by atoms with Crippen LogP contribution in [0.5, 0.6) is 0 Å². The highest BCUT2D eigenvalue weighted by Crippen LogP contribution is 2.13. The molecule has 0 bridgehead atoms. The zero-order chi connectivity index (χ0) is 13.5. The Morgan fingerprint density at radius 3 is 2.74 bits per heavy atom. The minimum Gasteiger partial charge on any atom is -0.314 e. The average molecular weight is 265 g/mol. The van der Waals surface area contributed by atoms with Crippen molar-refractivity contribution in [3.8, 4) is 0 Å². The molecule has 0 saturated carbocycles. The van der Waals surface area contributed by atoms with Crippen LogP contribution in [0.2, 0.25) is 0 Å². The SMILES string of the molecule is CCCNC1CCN(Cc2ncnn2CCC)CC1. The molecule has 2 rings (SSSR count). The van der Waals surface area contributed by atoms with Crippen LogP contribution in [0.15, 0.2) is 6.33 Å². The molecule has 1 N–H and O–H groups in total. The molecule has 1 aliphatic heterocycles. The van der Waals surface area contributed by atoms with Crippen LogP contribution >= 0.6 is 0 Å². The minimum absolute atomic E-state index is 0.713. The summed E-state index contributed by atoms with van der Waals surface area (Å²) in [6.07, 6.45) is 6.52. The first-order chi connectivity index (χ1) is 9.33. The maximum atomic E-state index is 4.39. The van der Waals surface area contributed by atoms with Crippen LogP contribution in [0.1, 0.15) is 45.4 Å². The number of hydrogen-bond acceptors (Lipinski definition) is 4. The van der Waals surface area contributed by atoms with Crippen molar-refractivity contribution in [1.82, 2.24) is 25.0 Å². The zero-order valence-electron chi connectivity index (χ0n) is 12.3. The van der Waals surface area contributed by atoms with E-state index >= 15 is 0 Å². The molecule has 1 saturated heterocycles. The minimum atomic E-state index is 0.713. The van der Waals surface area contributed by atoms with Gasteiger partial charge in [0.2, 0.25) is 0 Å². The van der Waals surface area contributed by atoms with Crippen molar-refractivity contribution in [2.75, 3.05) is 19.6 Å². The van der Waals surface area contributed by atoms with Gasteiger partial charge < -0.3 is 5.32 Å². The molecule has 5 nitrogen and oxygen atoms in total. The van der Waals surface area contributed by atoms with Crippen LogP contribution in [-0.2, 0) is 13.1 Å². The van der Waals surface area contributed by atoms with E-state index in [1.165, 1.54) is 32.4 Å². The number of nitrogens with zero attached hydrogens (tertiary/aromatic N) is 4. The lowest BCUT2D eigenvalue weighted by Gasteiger charge is -2.32. The third-order valence-corrected chi connectivity index (χ3v) is 3.77. The van der Waals surface area contributed by atoms with Crippen LogP contribution in [0, 0.1) is 0 Å². The summed E-state index contributed by atoms with van der Waals surface area (Å²) >= 11 is 0. The summed E-state index contributed by atoms with van der Waals surface area (Å²) < 4.78 is 2.04. The molecule has 108 valence electrons. The topological polar surface area (TPSA) is 46.0 Å². The summed E-state index contributed by atoms with van der Waals surface area (Å²) in [4.78, 5) is 6.89. The lowest BCUT2D eigenvalue weighted by atomic mass is 10.1. The van der Waals surface area contributed by atoms with Crippen LogP contribution in [0.4, 0.5) is 0 Å². The normalized spacial score (nSPS) is 18.0. The smallest absolute Gasteiger partial charge is 0.141 e. The number of aryl methyl sites for hydroxylation is 1. The maximum Gasteiger partial charge on any atom is 0.141 e. The van der Waals surface area contributed by atoms with Gasteiger partial charge >= 0.3 is 0 Å². The lowest BCUT2D eigenvalue weighted by molar-refractivity contribution is 0.184. The fourth-order valence-corrected chi connectivity index (χ4v) is 2.65. The molecular formula is C14H27N5. The average Bonchev–Trinajstić information content (AvgIpc) is 2.86. The highest BCUT2D eigenvalue weighted by atomic mass is 15.3. The summed E-state index contributed by atoms with van der Waals surface area (Å²) in [6.45, 7) is 9.81. The van der Waals surface area contributed by atoms with Gasteiger partial charge in [-0.3, -0.25) is 4.90 Å². The van der Waals surface area contributed by atoms with Crippen molar-refractivity contribution >= 4 is 0 Å². The van der Waals surface area contributed by atoms with Crippen LogP contribution in [-0.4, -0.2) is 45.3 Å². The first-order valence-corrected chi connectivity index (χ1v) is 7.66. The molecule has 1 aliphatic rings. The Balaban J connectivity index is 1.77. The molecule has 0 unspecified atom stereocenters. The van der Waals surface area contributed by atoms with E-state index in [2.05, 4.69) is 34.1 Å². The number of aromatic nitrogens is 3. The second kappa shape index (κ2) is 7.60. The highest BCUT2D eigenvalue weighted by Gasteiger charge is 2.19. The Kier molecular flexibility index (Phi) is 5.79. The summed E-state index contributed by atoms with van der Waals surface area (Å²) in [7, 11) is 0. The monoisotopic (exact) mass is 265 g/mol. The predicted molar refractivity (Wildman–Crippen MR) is 76.9 cm³/mol. The third-order valence-electron chi connectivity index (χ3n) is 3.77. The zero-order valence-corrected chi connectivity index (χ0v) is 12.3. The standard InChI is InChI=1S/C14H27N5/c1-3-7-15-13-5-9-18(10-6-13)11-14-16-12-17-19(14)8-4-2/h12-13,15H,3-11H2,1-2H3. The van der Waals surface area contributed by atoms with Gasteiger partial charge in [-0.25, -0.2) is 9.67 Å². The molecule has 1 fully saturated rings. The molecule has 0 aliphatic carbocycles. The fraction of sp³-hybridized carbons (Fsp3) is 0.857. The van der Waals surface area contributed by atoms with Crippen molar-refractivity contribution in [3.05, 3.63) is 12.2 Å². The van der Waals surface area contributed by atoms with Crippen molar-refractivity contribution in [1.29, 1.82) is 0 Å². The van der Waals surface area contributed by atoms with E-state index in [0.717, 1.165) is 31.9 Å². The van der Waals surface area contributed by atoms with E-state index < -0.39 is 0 Å². The highest BCUT2D eigenvalue weighted by molar-refractivity contribution is 4.87. The van der Waals surface area contributed by atoms with Crippen molar-refractivity contribution in [2.45, 2.75) is 58.7 Å². The first kappa shape index (κ1) is 14.5. The van der Waals surface area contributed by atoms with Crippen LogP contribution < -0.4 is 5.32 Å². The largest absolute Gasteiger partial charge is 0.314 e. The lowest BCUT2D eigenvalue weighted by Crippen LogP contribution is -2.42. The number of hydrogen-bond donors (Lipinski definition) is 1. The van der Waals surface area contributed by atoms with E-state index in [4.69, 9.17) is 0 Å². The van der Waals surface area contributed by atoms with Gasteiger partial charge in [-0.2, -0.15) is 5.10 Å². The van der Waals surface area contributed by atoms with E-state index in [1.54, 1.807) is 6.33 Å². The molecule has 0 aromatic carbocycles. The van der Waals surface area contributed by atoms with Gasteiger partial charge in [0.05, 0.1) is 6.54 Å². The molecule has 1 aromatic heterocycles. The van der Waals surface area contributed by atoms with Gasteiger partial charge in [0.15, 0.2) is 0 Å². The maximum absolute atomic E-state index is 4.39. The Labute approximate surface area is 116 Å². The van der Waals surface area contributed by atoms with Gasteiger partial charge in [-0.1, -0.05) is 13.8 Å². The quantitative estimate of drug-likeness (QED) is 0.814. The van der Waals surface area contributed by atoms with Crippen LogP contribution in [0.25, 0.3) is 0 Å². The van der Waals surface area contributed by atoms with E-state index in [9.17, 15) is 0 Å². The number of nitrogens with one attached hydrogen (secondary N) is 1. The first-order valence-electron chi connectivity index (χ1n) is 7.66. The molecule has 1 aromatic rings. The fourth-order valence-electron chi connectivity index (χ4n) is 2.65. The summed E-state index contributed by atoms with van der Waals surface area (Å²) in [5.41, 5.74) is 0. The Hall–Kier alpha value is -0.940. The van der Waals surface area contributed by atoms with E-state index in [1.807, 2.05) is 4.68 Å². The number of rotatable bonds is 7. The molecule has 19 heavy (non-hydrogen) atoms. The van der Waals surface area contributed by atoms with Crippen molar-refractivity contribution < 1.29 is 0 Å². The second-order valence-corrected chi connectivity index (χ2v) is 5.40. The second-order valence-electron chi connectivity index (χ2n) is 5.40. The van der Waals surface area contributed by atoms with Crippen molar-refractivity contribution in [3.63, 3.8) is 0 Å². The van der Waals surface area contributed by atoms with Gasteiger partial charge in [-0.05, 0) is 32.2 Å².